The molecule has 0 aromatic rings. The van der Waals surface area contributed by atoms with Crippen LogP contribution in [-0.2, 0) is 9.59 Å². The lowest BCUT2D eigenvalue weighted by atomic mass is 9.93. The third-order valence-electron chi connectivity index (χ3n) is 3.50. The van der Waals surface area contributed by atoms with Crippen molar-refractivity contribution in [1.82, 2.24) is 5.32 Å². The molecule has 0 aromatic carbocycles. The standard InChI is InChI=1S/C11H17F3N2O3/c1-9(8(18)19,11(12,13)14)16-7(17)6-10(15)4-2-3-5-10/h2-6,15H2,1H3,(H,16,17)(H,18,19). The lowest BCUT2D eigenvalue weighted by Gasteiger charge is -2.30. The lowest BCUT2D eigenvalue weighted by Crippen LogP contribution is -2.62. The van der Waals surface area contributed by atoms with Crippen molar-refractivity contribution in [3.8, 4) is 0 Å². The zero-order valence-corrected chi connectivity index (χ0v) is 10.5. The van der Waals surface area contributed by atoms with Crippen LogP contribution in [-0.4, -0.2) is 34.2 Å². The fourth-order valence-electron chi connectivity index (χ4n) is 2.14. The number of carboxylic acid groups (broad SMARTS) is 1. The van der Waals surface area contributed by atoms with E-state index < -0.39 is 29.1 Å². The number of halogens is 3. The van der Waals surface area contributed by atoms with Gasteiger partial charge in [0.15, 0.2) is 0 Å². The Bertz CT molecular complexity index is 378. The smallest absolute Gasteiger partial charge is 0.422 e. The average molecular weight is 282 g/mol. The van der Waals surface area contributed by atoms with Crippen LogP contribution in [0.4, 0.5) is 13.2 Å². The number of aliphatic carboxylic acids is 1. The van der Waals surface area contributed by atoms with Crippen molar-refractivity contribution < 1.29 is 27.9 Å². The zero-order chi connectivity index (χ0) is 14.9. The number of carboxylic acids is 1. The Morgan fingerprint density at radius 1 is 1.32 bits per heavy atom. The van der Waals surface area contributed by atoms with Crippen LogP contribution in [0.15, 0.2) is 0 Å². The summed E-state index contributed by atoms with van der Waals surface area (Å²) in [6.07, 6.45) is -2.64. The SMILES string of the molecule is CC(NC(=O)CC1(N)CCCC1)(C(=O)O)C(F)(F)F. The Labute approximate surface area is 108 Å². The summed E-state index contributed by atoms with van der Waals surface area (Å²) in [5, 5.41) is 10.2. The molecule has 5 nitrogen and oxygen atoms in total. The highest BCUT2D eigenvalue weighted by Gasteiger charge is 2.58. The molecule has 0 aromatic heterocycles. The van der Waals surface area contributed by atoms with Gasteiger partial charge in [-0.3, -0.25) is 4.79 Å². The molecule has 0 aliphatic heterocycles. The highest BCUT2D eigenvalue weighted by atomic mass is 19.4. The van der Waals surface area contributed by atoms with Crippen LogP contribution < -0.4 is 11.1 Å². The van der Waals surface area contributed by atoms with Gasteiger partial charge in [0.25, 0.3) is 0 Å². The predicted molar refractivity (Wildman–Crippen MR) is 60.2 cm³/mol. The molecule has 0 bridgehead atoms. The molecule has 0 heterocycles. The summed E-state index contributed by atoms with van der Waals surface area (Å²) in [6, 6.07) is 0. The van der Waals surface area contributed by atoms with Crippen molar-refractivity contribution in [2.24, 2.45) is 5.73 Å². The summed E-state index contributed by atoms with van der Waals surface area (Å²) in [6.45, 7) is 0.422. The molecule has 19 heavy (non-hydrogen) atoms. The van der Waals surface area contributed by atoms with E-state index in [1.807, 2.05) is 0 Å². The molecular formula is C11H17F3N2O3. The highest BCUT2D eigenvalue weighted by molar-refractivity contribution is 5.88. The maximum absolute atomic E-state index is 12.7. The van der Waals surface area contributed by atoms with Gasteiger partial charge < -0.3 is 16.2 Å². The van der Waals surface area contributed by atoms with E-state index in [0.29, 0.717) is 19.8 Å². The number of rotatable bonds is 4. The normalized spacial score (nSPS) is 21.7. The quantitative estimate of drug-likeness (QED) is 0.721. The van der Waals surface area contributed by atoms with Crippen LogP contribution in [0.2, 0.25) is 0 Å². The number of alkyl halides is 3. The van der Waals surface area contributed by atoms with Crippen molar-refractivity contribution in [2.45, 2.75) is 56.3 Å². The van der Waals surface area contributed by atoms with Crippen LogP contribution in [0.1, 0.15) is 39.0 Å². The van der Waals surface area contributed by atoms with Crippen LogP contribution >= 0.6 is 0 Å². The van der Waals surface area contributed by atoms with Crippen LogP contribution in [0.25, 0.3) is 0 Å². The van der Waals surface area contributed by atoms with E-state index in [2.05, 4.69) is 0 Å². The molecule has 1 rings (SSSR count). The molecule has 4 N–H and O–H groups in total. The third-order valence-corrected chi connectivity index (χ3v) is 3.50. The summed E-state index contributed by atoms with van der Waals surface area (Å²) in [7, 11) is 0. The second kappa shape index (κ2) is 4.99. The molecule has 1 aliphatic carbocycles. The molecule has 0 spiro atoms. The largest absolute Gasteiger partial charge is 0.479 e. The van der Waals surface area contributed by atoms with E-state index in [0.717, 1.165) is 12.8 Å². The molecular weight excluding hydrogens is 265 g/mol. The van der Waals surface area contributed by atoms with Gasteiger partial charge in [0.1, 0.15) is 0 Å². The zero-order valence-electron chi connectivity index (χ0n) is 10.5. The molecule has 0 saturated heterocycles. The second-order valence-corrected chi connectivity index (χ2v) is 5.22. The highest BCUT2D eigenvalue weighted by Crippen LogP contribution is 2.33. The molecule has 1 fully saturated rings. The van der Waals surface area contributed by atoms with E-state index in [-0.39, 0.29) is 6.42 Å². The van der Waals surface area contributed by atoms with Gasteiger partial charge in [-0.1, -0.05) is 12.8 Å². The number of nitrogens with two attached hydrogens (primary N) is 1. The van der Waals surface area contributed by atoms with Crippen molar-refractivity contribution in [3.05, 3.63) is 0 Å². The van der Waals surface area contributed by atoms with Crippen LogP contribution in [0, 0.1) is 0 Å². The number of hydrogen-bond donors (Lipinski definition) is 3. The van der Waals surface area contributed by atoms with Gasteiger partial charge in [-0.05, 0) is 19.8 Å². The van der Waals surface area contributed by atoms with Crippen LogP contribution in [0.5, 0.6) is 0 Å². The van der Waals surface area contributed by atoms with E-state index in [9.17, 15) is 22.8 Å². The number of carbonyl (C=O) groups excluding carboxylic acids is 1. The van der Waals surface area contributed by atoms with Gasteiger partial charge in [0, 0.05) is 12.0 Å². The van der Waals surface area contributed by atoms with Gasteiger partial charge >= 0.3 is 12.1 Å². The Balaban J connectivity index is 2.76. The Hall–Kier alpha value is -1.31. The van der Waals surface area contributed by atoms with Gasteiger partial charge in [0.2, 0.25) is 11.4 Å². The third kappa shape index (κ3) is 3.37. The maximum atomic E-state index is 12.7. The molecule has 1 amide bonds. The Kier molecular flexibility index (Phi) is 4.14. The van der Waals surface area contributed by atoms with Gasteiger partial charge in [-0.2, -0.15) is 13.2 Å². The van der Waals surface area contributed by atoms with Crippen molar-refractivity contribution in [1.29, 1.82) is 0 Å². The number of hydrogen-bond acceptors (Lipinski definition) is 3. The fourth-order valence-corrected chi connectivity index (χ4v) is 2.14. The summed E-state index contributed by atoms with van der Waals surface area (Å²) in [5.74, 6) is -3.14. The Morgan fingerprint density at radius 2 is 1.79 bits per heavy atom. The summed E-state index contributed by atoms with van der Waals surface area (Å²) >= 11 is 0. The monoisotopic (exact) mass is 282 g/mol. The van der Waals surface area contributed by atoms with Gasteiger partial charge in [-0.15, -0.1) is 0 Å². The average Bonchev–Trinajstić information content (AvgIpc) is 2.62. The topological polar surface area (TPSA) is 92.4 Å². The minimum Gasteiger partial charge on any atom is -0.479 e. The molecule has 110 valence electrons. The molecule has 1 unspecified atom stereocenters. The molecule has 1 saturated carbocycles. The van der Waals surface area contributed by atoms with Crippen LogP contribution in [0.3, 0.4) is 0 Å². The van der Waals surface area contributed by atoms with Gasteiger partial charge in [-0.25, -0.2) is 4.79 Å². The van der Waals surface area contributed by atoms with Crippen molar-refractivity contribution >= 4 is 11.9 Å². The van der Waals surface area contributed by atoms with E-state index in [1.54, 1.807) is 5.32 Å². The molecule has 1 aliphatic rings. The van der Waals surface area contributed by atoms with Gasteiger partial charge in [0.05, 0.1) is 0 Å². The first-order chi connectivity index (χ1) is 8.50. The van der Waals surface area contributed by atoms with E-state index in [4.69, 9.17) is 10.8 Å². The first-order valence-corrected chi connectivity index (χ1v) is 5.90. The lowest BCUT2D eigenvalue weighted by molar-refractivity contribution is -0.207. The minimum absolute atomic E-state index is 0.300. The maximum Gasteiger partial charge on any atom is 0.422 e. The number of nitrogens with one attached hydrogen (secondary N) is 1. The summed E-state index contributed by atoms with van der Waals surface area (Å²) in [4.78, 5) is 22.4. The number of carbonyl (C=O) groups is 2. The van der Waals surface area contributed by atoms with E-state index in [1.165, 1.54) is 0 Å². The van der Waals surface area contributed by atoms with Crippen molar-refractivity contribution in [3.63, 3.8) is 0 Å². The second-order valence-electron chi connectivity index (χ2n) is 5.22. The molecule has 1 atom stereocenters. The summed E-state index contributed by atoms with van der Waals surface area (Å²) < 4.78 is 38.1. The molecule has 0 radical (unpaired) electrons. The Morgan fingerprint density at radius 3 is 2.16 bits per heavy atom. The summed E-state index contributed by atoms with van der Waals surface area (Å²) in [5.41, 5.74) is 1.76. The first kappa shape index (κ1) is 15.7. The van der Waals surface area contributed by atoms with E-state index >= 15 is 0 Å². The molecule has 8 heteroatoms. The fraction of sp³-hybridized carbons (Fsp3) is 0.818. The first-order valence-electron chi connectivity index (χ1n) is 5.90. The van der Waals surface area contributed by atoms with Crippen molar-refractivity contribution in [2.75, 3.05) is 0 Å². The minimum atomic E-state index is -5.08. The number of amides is 1. The predicted octanol–water partition coefficient (Wildman–Crippen LogP) is 1.17.